The van der Waals surface area contributed by atoms with Crippen molar-refractivity contribution in [3.8, 4) is 0 Å². The number of carboxylic acid groups (broad SMARTS) is 1. The van der Waals surface area contributed by atoms with Gasteiger partial charge in [0.1, 0.15) is 5.54 Å². The van der Waals surface area contributed by atoms with Crippen molar-refractivity contribution in [3.63, 3.8) is 0 Å². The predicted molar refractivity (Wildman–Crippen MR) is 46.7 cm³/mol. The monoisotopic (exact) mass is 171 g/mol. The second kappa shape index (κ2) is 3.05. The molecule has 3 N–H and O–H groups in total. The maximum atomic E-state index is 10.8. The van der Waals surface area contributed by atoms with Crippen LogP contribution in [0.5, 0.6) is 0 Å². The van der Waals surface area contributed by atoms with E-state index < -0.39 is 11.5 Å². The van der Waals surface area contributed by atoms with Crippen molar-refractivity contribution in [2.45, 2.75) is 38.6 Å². The van der Waals surface area contributed by atoms with Gasteiger partial charge >= 0.3 is 5.97 Å². The lowest BCUT2D eigenvalue weighted by Gasteiger charge is -2.49. The number of rotatable bonds is 3. The van der Waals surface area contributed by atoms with Crippen LogP contribution in [0.4, 0.5) is 0 Å². The molecule has 0 aromatic carbocycles. The van der Waals surface area contributed by atoms with Gasteiger partial charge in [0, 0.05) is 0 Å². The van der Waals surface area contributed by atoms with E-state index >= 15 is 0 Å². The summed E-state index contributed by atoms with van der Waals surface area (Å²) in [5.74, 6) is -0.129. The highest BCUT2D eigenvalue weighted by Crippen LogP contribution is 2.46. The summed E-state index contributed by atoms with van der Waals surface area (Å²) in [6, 6.07) is 0. The van der Waals surface area contributed by atoms with E-state index in [-0.39, 0.29) is 5.92 Å². The van der Waals surface area contributed by atoms with Gasteiger partial charge in [0.15, 0.2) is 0 Å². The summed E-state index contributed by atoms with van der Waals surface area (Å²) in [5, 5.41) is 8.88. The van der Waals surface area contributed by atoms with Gasteiger partial charge in [-0.05, 0) is 18.3 Å². The first-order valence-corrected chi connectivity index (χ1v) is 4.58. The molecule has 1 fully saturated rings. The third kappa shape index (κ3) is 1.12. The molecule has 0 amide bonds. The summed E-state index contributed by atoms with van der Waals surface area (Å²) >= 11 is 0. The Kier molecular flexibility index (Phi) is 2.42. The summed E-state index contributed by atoms with van der Waals surface area (Å²) in [6.07, 6.45) is 2.57. The maximum Gasteiger partial charge on any atom is 0.323 e. The predicted octanol–water partition coefficient (Wildman–Crippen LogP) is 1.22. The minimum Gasteiger partial charge on any atom is -0.480 e. The van der Waals surface area contributed by atoms with Crippen molar-refractivity contribution in [2.24, 2.45) is 17.6 Å². The topological polar surface area (TPSA) is 63.3 Å². The summed E-state index contributed by atoms with van der Waals surface area (Å²) in [6.45, 7) is 4.10. The minimum absolute atomic E-state index is 0.181. The zero-order chi connectivity index (χ0) is 9.35. The van der Waals surface area contributed by atoms with Crippen LogP contribution in [0.3, 0.4) is 0 Å². The average Bonchev–Trinajstić information content (AvgIpc) is 1.99. The summed E-state index contributed by atoms with van der Waals surface area (Å²) in [7, 11) is 0. The summed E-state index contributed by atoms with van der Waals surface area (Å²) in [5.41, 5.74) is 4.85. The molecule has 0 spiro atoms. The largest absolute Gasteiger partial charge is 0.480 e. The average molecular weight is 171 g/mol. The Balaban J connectivity index is 2.67. The van der Waals surface area contributed by atoms with Gasteiger partial charge in [-0.1, -0.05) is 26.7 Å². The molecule has 1 aliphatic rings. The quantitative estimate of drug-likeness (QED) is 0.671. The first kappa shape index (κ1) is 9.52. The minimum atomic E-state index is -0.921. The molecular formula is C9H17NO2. The molecule has 0 radical (unpaired) electrons. The van der Waals surface area contributed by atoms with Crippen molar-refractivity contribution in [3.05, 3.63) is 0 Å². The molecule has 3 atom stereocenters. The molecular weight excluding hydrogens is 154 g/mol. The van der Waals surface area contributed by atoms with Crippen molar-refractivity contribution in [1.29, 1.82) is 0 Å². The van der Waals surface area contributed by atoms with E-state index in [2.05, 4.69) is 6.92 Å². The number of aliphatic carboxylic acids is 1. The van der Waals surface area contributed by atoms with Gasteiger partial charge in [0.25, 0.3) is 0 Å². The Morgan fingerprint density at radius 2 is 2.17 bits per heavy atom. The van der Waals surface area contributed by atoms with E-state index in [0.29, 0.717) is 12.3 Å². The van der Waals surface area contributed by atoms with Crippen LogP contribution in [0, 0.1) is 11.8 Å². The molecule has 3 nitrogen and oxygen atoms in total. The molecule has 0 aliphatic heterocycles. The van der Waals surface area contributed by atoms with Crippen molar-refractivity contribution in [2.75, 3.05) is 0 Å². The van der Waals surface area contributed by atoms with E-state index in [1.165, 1.54) is 0 Å². The maximum absolute atomic E-state index is 10.8. The lowest BCUT2D eigenvalue weighted by atomic mass is 9.57. The highest BCUT2D eigenvalue weighted by molar-refractivity contribution is 5.80. The lowest BCUT2D eigenvalue weighted by Crippen LogP contribution is -2.65. The Bertz CT molecular complexity index is 193. The Hall–Kier alpha value is -0.570. The molecule has 70 valence electrons. The van der Waals surface area contributed by atoms with Gasteiger partial charge in [-0.2, -0.15) is 0 Å². The third-order valence-corrected chi connectivity index (χ3v) is 3.19. The van der Waals surface area contributed by atoms with Gasteiger partial charge in [-0.3, -0.25) is 4.79 Å². The van der Waals surface area contributed by atoms with E-state index in [1.54, 1.807) is 0 Å². The van der Waals surface area contributed by atoms with Crippen LogP contribution in [-0.4, -0.2) is 16.6 Å². The summed E-state index contributed by atoms with van der Waals surface area (Å²) < 4.78 is 0. The second-order valence-corrected chi connectivity index (χ2v) is 3.73. The fourth-order valence-electron chi connectivity index (χ4n) is 2.36. The SMILES string of the molecule is CCC1CC(N)(C(=O)O)C1CC. The molecule has 1 saturated carbocycles. The van der Waals surface area contributed by atoms with E-state index in [9.17, 15) is 4.79 Å². The number of nitrogens with two attached hydrogens (primary N) is 1. The molecule has 0 aromatic rings. The standard InChI is InChI=1S/C9H17NO2/c1-3-6-5-9(10,8(11)12)7(6)4-2/h6-7H,3-5,10H2,1-2H3,(H,11,12). The lowest BCUT2D eigenvalue weighted by molar-refractivity contribution is -0.155. The zero-order valence-corrected chi connectivity index (χ0v) is 7.71. The first-order valence-electron chi connectivity index (χ1n) is 4.58. The van der Waals surface area contributed by atoms with Gasteiger partial charge < -0.3 is 10.8 Å². The van der Waals surface area contributed by atoms with Crippen LogP contribution >= 0.6 is 0 Å². The van der Waals surface area contributed by atoms with Crippen molar-refractivity contribution in [1.82, 2.24) is 0 Å². The summed E-state index contributed by atoms with van der Waals surface area (Å²) in [4.78, 5) is 10.8. The number of carbonyl (C=O) groups is 1. The van der Waals surface area contributed by atoms with Crippen molar-refractivity contribution < 1.29 is 9.90 Å². The van der Waals surface area contributed by atoms with Crippen LogP contribution in [0.1, 0.15) is 33.1 Å². The number of hydrogen-bond donors (Lipinski definition) is 2. The molecule has 0 saturated heterocycles. The highest BCUT2D eigenvalue weighted by atomic mass is 16.4. The molecule has 0 bridgehead atoms. The van der Waals surface area contributed by atoms with Crippen LogP contribution < -0.4 is 5.73 Å². The number of carboxylic acids is 1. The van der Waals surface area contributed by atoms with Crippen LogP contribution in [0.15, 0.2) is 0 Å². The van der Waals surface area contributed by atoms with E-state index in [4.69, 9.17) is 10.8 Å². The Labute approximate surface area is 72.9 Å². The van der Waals surface area contributed by atoms with Crippen LogP contribution in [0.25, 0.3) is 0 Å². The fraction of sp³-hybridized carbons (Fsp3) is 0.889. The molecule has 3 heteroatoms. The number of hydrogen-bond acceptors (Lipinski definition) is 2. The molecule has 1 rings (SSSR count). The van der Waals surface area contributed by atoms with Crippen LogP contribution in [-0.2, 0) is 4.79 Å². The van der Waals surface area contributed by atoms with Gasteiger partial charge in [0.05, 0.1) is 0 Å². The van der Waals surface area contributed by atoms with Crippen LogP contribution in [0.2, 0.25) is 0 Å². The smallest absolute Gasteiger partial charge is 0.323 e. The van der Waals surface area contributed by atoms with Gasteiger partial charge in [0.2, 0.25) is 0 Å². The molecule has 0 heterocycles. The highest BCUT2D eigenvalue weighted by Gasteiger charge is 2.54. The molecule has 0 aromatic heterocycles. The fourth-order valence-corrected chi connectivity index (χ4v) is 2.36. The Morgan fingerprint density at radius 3 is 2.50 bits per heavy atom. The Morgan fingerprint density at radius 1 is 1.58 bits per heavy atom. The normalized spacial score (nSPS) is 40.6. The van der Waals surface area contributed by atoms with Gasteiger partial charge in [-0.25, -0.2) is 0 Å². The van der Waals surface area contributed by atoms with Gasteiger partial charge in [-0.15, -0.1) is 0 Å². The molecule has 12 heavy (non-hydrogen) atoms. The molecule has 3 unspecified atom stereocenters. The third-order valence-electron chi connectivity index (χ3n) is 3.19. The van der Waals surface area contributed by atoms with E-state index in [1.807, 2.05) is 6.92 Å². The first-order chi connectivity index (χ1) is 5.56. The zero-order valence-electron chi connectivity index (χ0n) is 7.71. The van der Waals surface area contributed by atoms with Crippen molar-refractivity contribution >= 4 is 5.97 Å². The second-order valence-electron chi connectivity index (χ2n) is 3.73. The van der Waals surface area contributed by atoms with E-state index in [0.717, 1.165) is 12.8 Å². The molecule has 1 aliphatic carbocycles.